The van der Waals surface area contributed by atoms with Crippen LogP contribution in [0.4, 0.5) is 0 Å². The van der Waals surface area contributed by atoms with Gasteiger partial charge < -0.3 is 4.42 Å². The van der Waals surface area contributed by atoms with E-state index in [0.717, 1.165) is 27.6 Å². The predicted octanol–water partition coefficient (Wildman–Crippen LogP) is 5.42. The summed E-state index contributed by atoms with van der Waals surface area (Å²) in [5.74, 6) is 0.616. The third-order valence-electron chi connectivity index (χ3n) is 4.82. The zero-order chi connectivity index (χ0) is 18.6. The Labute approximate surface area is 159 Å². The lowest BCUT2D eigenvalue weighted by Gasteiger charge is -2.14. The van der Waals surface area contributed by atoms with E-state index in [1.54, 1.807) is 4.68 Å². The van der Waals surface area contributed by atoms with Gasteiger partial charge in [0.2, 0.25) is 0 Å². The second-order valence-corrected chi connectivity index (χ2v) is 8.12. The zero-order valence-electron chi connectivity index (χ0n) is 15.1. The molecule has 0 spiro atoms. The monoisotopic (exact) mass is 410 g/mol. The lowest BCUT2D eigenvalue weighted by atomic mass is 9.98. The van der Waals surface area contributed by atoms with E-state index in [0.29, 0.717) is 22.3 Å². The van der Waals surface area contributed by atoms with Gasteiger partial charge in [-0.3, -0.25) is 9.48 Å². The van der Waals surface area contributed by atoms with Crippen LogP contribution in [0.15, 0.2) is 45.7 Å². The maximum atomic E-state index is 13.2. The normalized spacial score (nSPS) is 12.8. The molecule has 0 bridgehead atoms. The molecule has 4 nitrogen and oxygen atoms in total. The summed E-state index contributed by atoms with van der Waals surface area (Å²) in [6, 6.07) is 9.81. The molecule has 0 aliphatic carbocycles. The molecule has 4 rings (SSSR count). The Morgan fingerprint density at radius 2 is 1.96 bits per heavy atom. The highest BCUT2D eigenvalue weighted by atomic mass is 79.9. The highest BCUT2D eigenvalue weighted by molar-refractivity contribution is 9.09. The van der Waals surface area contributed by atoms with Crippen LogP contribution >= 0.6 is 15.9 Å². The SMILES string of the molecule is Cc1ccc2oc(-c3ccc4nn(C)cc4c3)c(C)c(=O)c2c1C(C)Br. The van der Waals surface area contributed by atoms with Crippen LogP contribution in [0.2, 0.25) is 0 Å². The van der Waals surface area contributed by atoms with Gasteiger partial charge in [-0.2, -0.15) is 5.10 Å². The van der Waals surface area contributed by atoms with E-state index in [1.807, 2.05) is 64.3 Å². The van der Waals surface area contributed by atoms with Crippen LogP contribution in [0, 0.1) is 13.8 Å². The summed E-state index contributed by atoms with van der Waals surface area (Å²) in [6.07, 6.45) is 1.96. The predicted molar refractivity (Wildman–Crippen MR) is 109 cm³/mol. The molecule has 26 heavy (non-hydrogen) atoms. The van der Waals surface area contributed by atoms with Gasteiger partial charge in [0.15, 0.2) is 5.43 Å². The largest absolute Gasteiger partial charge is 0.456 e. The lowest BCUT2D eigenvalue weighted by Crippen LogP contribution is -2.10. The smallest absolute Gasteiger partial charge is 0.196 e. The maximum absolute atomic E-state index is 13.2. The van der Waals surface area contributed by atoms with Crippen molar-refractivity contribution in [3.63, 3.8) is 0 Å². The summed E-state index contributed by atoms with van der Waals surface area (Å²) >= 11 is 3.62. The van der Waals surface area contributed by atoms with Gasteiger partial charge in [0.05, 0.1) is 10.9 Å². The Bertz CT molecular complexity index is 1220. The first-order chi connectivity index (χ1) is 12.4. The Balaban J connectivity index is 2.03. The van der Waals surface area contributed by atoms with Crippen molar-refractivity contribution in [3.05, 3.63) is 63.4 Å². The number of halogens is 1. The number of hydrogen-bond donors (Lipinski definition) is 0. The third kappa shape index (κ3) is 2.58. The fourth-order valence-corrected chi connectivity index (χ4v) is 4.17. The summed E-state index contributed by atoms with van der Waals surface area (Å²) in [4.78, 5) is 13.2. The Kier molecular flexibility index (Phi) is 3.99. The van der Waals surface area contributed by atoms with Crippen LogP contribution in [0.25, 0.3) is 33.2 Å². The van der Waals surface area contributed by atoms with Crippen LogP contribution in [0.5, 0.6) is 0 Å². The molecule has 1 unspecified atom stereocenters. The first-order valence-corrected chi connectivity index (χ1v) is 9.43. The molecule has 0 saturated carbocycles. The van der Waals surface area contributed by atoms with Crippen molar-refractivity contribution in [2.75, 3.05) is 0 Å². The Hall–Kier alpha value is -2.40. The summed E-state index contributed by atoms with van der Waals surface area (Å²) in [5, 5.41) is 6.08. The minimum Gasteiger partial charge on any atom is -0.456 e. The highest BCUT2D eigenvalue weighted by Crippen LogP contribution is 2.34. The van der Waals surface area contributed by atoms with Gasteiger partial charge in [-0.1, -0.05) is 22.0 Å². The fraction of sp³-hybridized carbons (Fsp3) is 0.238. The first kappa shape index (κ1) is 17.0. The molecule has 2 aromatic heterocycles. The average molecular weight is 411 g/mol. The quantitative estimate of drug-likeness (QED) is 0.414. The van der Waals surface area contributed by atoms with Gasteiger partial charge in [0.25, 0.3) is 0 Å². The van der Waals surface area contributed by atoms with Crippen molar-refractivity contribution < 1.29 is 4.42 Å². The number of benzene rings is 2. The Morgan fingerprint density at radius 1 is 1.19 bits per heavy atom. The molecule has 2 aromatic carbocycles. The summed E-state index contributed by atoms with van der Waals surface area (Å²) in [5.41, 5.74) is 5.15. The summed E-state index contributed by atoms with van der Waals surface area (Å²) in [7, 11) is 1.90. The number of aryl methyl sites for hydroxylation is 2. The van der Waals surface area contributed by atoms with Crippen molar-refractivity contribution in [1.82, 2.24) is 9.78 Å². The van der Waals surface area contributed by atoms with Gasteiger partial charge in [-0.05, 0) is 56.2 Å². The molecule has 2 heterocycles. The summed E-state index contributed by atoms with van der Waals surface area (Å²) < 4.78 is 8.00. The van der Waals surface area contributed by atoms with E-state index in [1.165, 1.54) is 0 Å². The van der Waals surface area contributed by atoms with Gasteiger partial charge >= 0.3 is 0 Å². The second kappa shape index (κ2) is 6.09. The molecule has 0 amide bonds. The molecular weight excluding hydrogens is 392 g/mol. The molecule has 132 valence electrons. The van der Waals surface area contributed by atoms with Gasteiger partial charge in [0, 0.05) is 34.6 Å². The molecule has 0 radical (unpaired) electrons. The van der Waals surface area contributed by atoms with E-state index in [9.17, 15) is 4.79 Å². The molecule has 4 aromatic rings. The van der Waals surface area contributed by atoms with Crippen molar-refractivity contribution in [2.45, 2.75) is 25.6 Å². The molecule has 0 saturated heterocycles. The van der Waals surface area contributed by atoms with Crippen LogP contribution in [0.3, 0.4) is 0 Å². The molecule has 0 aliphatic rings. The standard InChI is InChI=1S/C21H19BrN2O2/c1-11-5-8-17-19(18(11)13(3)22)20(25)12(2)21(26-17)14-6-7-16-15(9-14)10-24(4)23-16/h5-10,13H,1-4H3. The van der Waals surface area contributed by atoms with Crippen molar-refractivity contribution in [3.8, 4) is 11.3 Å². The van der Waals surface area contributed by atoms with E-state index >= 15 is 0 Å². The van der Waals surface area contributed by atoms with E-state index in [4.69, 9.17) is 4.42 Å². The van der Waals surface area contributed by atoms with Crippen LogP contribution in [0.1, 0.15) is 28.4 Å². The van der Waals surface area contributed by atoms with E-state index < -0.39 is 0 Å². The topological polar surface area (TPSA) is 48.0 Å². The molecule has 0 fully saturated rings. The van der Waals surface area contributed by atoms with Gasteiger partial charge in [-0.15, -0.1) is 0 Å². The highest BCUT2D eigenvalue weighted by Gasteiger charge is 2.19. The zero-order valence-corrected chi connectivity index (χ0v) is 16.7. The van der Waals surface area contributed by atoms with Crippen LogP contribution < -0.4 is 5.43 Å². The van der Waals surface area contributed by atoms with Crippen molar-refractivity contribution >= 4 is 37.8 Å². The Morgan fingerprint density at radius 3 is 2.69 bits per heavy atom. The second-order valence-electron chi connectivity index (χ2n) is 6.75. The lowest BCUT2D eigenvalue weighted by molar-refractivity contribution is 0.613. The molecule has 5 heteroatoms. The molecule has 0 N–H and O–H groups in total. The van der Waals surface area contributed by atoms with Crippen molar-refractivity contribution in [2.24, 2.45) is 7.05 Å². The van der Waals surface area contributed by atoms with Crippen LogP contribution in [-0.2, 0) is 7.05 Å². The minimum atomic E-state index is 0.0255. The van der Waals surface area contributed by atoms with E-state index in [-0.39, 0.29) is 10.3 Å². The number of alkyl halides is 1. The van der Waals surface area contributed by atoms with Gasteiger partial charge in [0.1, 0.15) is 11.3 Å². The van der Waals surface area contributed by atoms with Gasteiger partial charge in [-0.25, -0.2) is 0 Å². The number of hydrogen-bond acceptors (Lipinski definition) is 3. The maximum Gasteiger partial charge on any atom is 0.196 e. The molecule has 1 atom stereocenters. The fourth-order valence-electron chi connectivity index (χ4n) is 3.58. The van der Waals surface area contributed by atoms with E-state index in [2.05, 4.69) is 21.0 Å². The number of rotatable bonds is 2. The first-order valence-electron chi connectivity index (χ1n) is 8.51. The summed E-state index contributed by atoms with van der Waals surface area (Å²) in [6.45, 7) is 5.88. The molecule has 0 aliphatic heterocycles. The van der Waals surface area contributed by atoms with Crippen molar-refractivity contribution in [1.29, 1.82) is 0 Å². The third-order valence-corrected chi connectivity index (χ3v) is 5.28. The molecular formula is C21H19BrN2O2. The minimum absolute atomic E-state index is 0.0255. The van der Waals surface area contributed by atoms with Crippen LogP contribution in [-0.4, -0.2) is 9.78 Å². The average Bonchev–Trinajstić information content (AvgIpc) is 2.97. The number of fused-ring (bicyclic) bond motifs is 2. The number of nitrogens with zero attached hydrogens (tertiary/aromatic N) is 2. The number of aromatic nitrogens is 2.